The SMILES string of the molecule is c1ccc(CCNC[C@H](Cc2ccccc2)N(Cc2ccccc2)Cc2ccccc2)cc1. The Morgan fingerprint density at radius 1 is 0.515 bits per heavy atom. The van der Waals surface area contributed by atoms with Crippen LogP contribution in [-0.2, 0) is 25.9 Å². The van der Waals surface area contributed by atoms with Gasteiger partial charge in [-0.1, -0.05) is 121 Å². The smallest absolute Gasteiger partial charge is 0.0268 e. The molecule has 0 saturated heterocycles. The van der Waals surface area contributed by atoms with Gasteiger partial charge in [-0.15, -0.1) is 0 Å². The molecule has 33 heavy (non-hydrogen) atoms. The first-order chi connectivity index (χ1) is 16.4. The van der Waals surface area contributed by atoms with Crippen LogP contribution >= 0.6 is 0 Å². The van der Waals surface area contributed by atoms with Gasteiger partial charge in [-0.25, -0.2) is 0 Å². The molecular weight excluding hydrogens is 400 g/mol. The van der Waals surface area contributed by atoms with Gasteiger partial charge in [0.2, 0.25) is 0 Å². The summed E-state index contributed by atoms with van der Waals surface area (Å²) in [6.07, 6.45) is 2.08. The molecule has 4 aromatic rings. The minimum Gasteiger partial charge on any atom is -0.315 e. The fraction of sp³-hybridized carbons (Fsp3) is 0.226. The van der Waals surface area contributed by atoms with Crippen LogP contribution in [0.5, 0.6) is 0 Å². The minimum atomic E-state index is 0.392. The van der Waals surface area contributed by atoms with Crippen LogP contribution in [-0.4, -0.2) is 24.0 Å². The van der Waals surface area contributed by atoms with E-state index in [2.05, 4.69) is 132 Å². The molecule has 0 saturated carbocycles. The fourth-order valence-electron chi connectivity index (χ4n) is 4.31. The van der Waals surface area contributed by atoms with Crippen LogP contribution in [0.2, 0.25) is 0 Å². The Morgan fingerprint density at radius 3 is 1.42 bits per heavy atom. The van der Waals surface area contributed by atoms with Gasteiger partial charge in [-0.3, -0.25) is 4.90 Å². The molecule has 0 spiro atoms. The second kappa shape index (κ2) is 12.7. The molecule has 0 amide bonds. The van der Waals surface area contributed by atoms with Gasteiger partial charge in [0.15, 0.2) is 0 Å². The first kappa shape index (κ1) is 23.0. The number of nitrogens with zero attached hydrogens (tertiary/aromatic N) is 1. The zero-order valence-corrected chi connectivity index (χ0v) is 19.3. The zero-order chi connectivity index (χ0) is 22.6. The third-order valence-corrected chi connectivity index (χ3v) is 6.10. The van der Waals surface area contributed by atoms with Crippen molar-refractivity contribution in [2.45, 2.75) is 32.0 Å². The van der Waals surface area contributed by atoms with E-state index in [0.717, 1.165) is 39.0 Å². The molecule has 0 bridgehead atoms. The number of benzene rings is 4. The highest BCUT2D eigenvalue weighted by Crippen LogP contribution is 2.17. The van der Waals surface area contributed by atoms with Gasteiger partial charge in [-0.05, 0) is 41.6 Å². The Hall–Kier alpha value is -3.20. The molecule has 0 aromatic heterocycles. The van der Waals surface area contributed by atoms with Gasteiger partial charge in [0.1, 0.15) is 0 Å². The molecule has 0 radical (unpaired) electrons. The average Bonchev–Trinajstić information content (AvgIpc) is 2.88. The Bertz CT molecular complexity index is 992. The lowest BCUT2D eigenvalue weighted by molar-refractivity contribution is 0.172. The van der Waals surface area contributed by atoms with Crippen molar-refractivity contribution in [3.63, 3.8) is 0 Å². The van der Waals surface area contributed by atoms with Crippen molar-refractivity contribution in [3.8, 4) is 0 Å². The highest BCUT2D eigenvalue weighted by molar-refractivity contribution is 5.20. The van der Waals surface area contributed by atoms with E-state index in [1.807, 2.05) is 0 Å². The van der Waals surface area contributed by atoms with Crippen LogP contribution < -0.4 is 5.32 Å². The second-order valence-electron chi connectivity index (χ2n) is 8.66. The van der Waals surface area contributed by atoms with E-state index in [0.29, 0.717) is 6.04 Å². The molecule has 0 aliphatic heterocycles. The van der Waals surface area contributed by atoms with Crippen LogP contribution in [0.15, 0.2) is 121 Å². The summed E-state index contributed by atoms with van der Waals surface area (Å²) in [7, 11) is 0. The van der Waals surface area contributed by atoms with Crippen molar-refractivity contribution >= 4 is 0 Å². The molecule has 2 nitrogen and oxygen atoms in total. The van der Waals surface area contributed by atoms with Gasteiger partial charge < -0.3 is 5.32 Å². The fourth-order valence-corrected chi connectivity index (χ4v) is 4.31. The van der Waals surface area contributed by atoms with E-state index in [1.165, 1.54) is 22.3 Å². The van der Waals surface area contributed by atoms with Crippen molar-refractivity contribution in [1.82, 2.24) is 10.2 Å². The van der Waals surface area contributed by atoms with Gasteiger partial charge in [0.25, 0.3) is 0 Å². The Kier molecular flexibility index (Phi) is 8.87. The number of nitrogens with one attached hydrogen (secondary N) is 1. The van der Waals surface area contributed by atoms with Crippen LogP contribution in [0, 0.1) is 0 Å². The standard InChI is InChI=1S/C31H34N2/c1-5-13-27(14-6-1)21-22-32-24-31(23-28-15-7-2-8-16-28)33(25-29-17-9-3-10-18-29)26-30-19-11-4-12-20-30/h1-20,31-32H,21-26H2/t31-/m0/s1. The monoisotopic (exact) mass is 434 g/mol. The molecule has 2 heteroatoms. The summed E-state index contributed by atoms with van der Waals surface area (Å²) in [5.74, 6) is 0. The van der Waals surface area contributed by atoms with E-state index in [1.54, 1.807) is 0 Å². The lowest BCUT2D eigenvalue weighted by Gasteiger charge is -2.33. The molecule has 4 aromatic carbocycles. The molecule has 0 heterocycles. The lowest BCUT2D eigenvalue weighted by atomic mass is 10.0. The van der Waals surface area contributed by atoms with Crippen molar-refractivity contribution in [3.05, 3.63) is 144 Å². The molecule has 0 aliphatic rings. The van der Waals surface area contributed by atoms with Gasteiger partial charge in [0, 0.05) is 25.7 Å². The average molecular weight is 435 g/mol. The maximum Gasteiger partial charge on any atom is 0.0268 e. The summed E-state index contributed by atoms with van der Waals surface area (Å²) >= 11 is 0. The number of hydrogen-bond acceptors (Lipinski definition) is 2. The molecule has 168 valence electrons. The quantitative estimate of drug-likeness (QED) is 0.270. The second-order valence-corrected chi connectivity index (χ2v) is 8.66. The highest BCUT2D eigenvalue weighted by Gasteiger charge is 2.20. The number of rotatable bonds is 12. The Morgan fingerprint density at radius 2 is 0.939 bits per heavy atom. The lowest BCUT2D eigenvalue weighted by Crippen LogP contribution is -2.43. The van der Waals surface area contributed by atoms with Crippen molar-refractivity contribution < 1.29 is 0 Å². The molecular formula is C31H34N2. The zero-order valence-electron chi connectivity index (χ0n) is 19.3. The summed E-state index contributed by atoms with van der Waals surface area (Å²) in [4.78, 5) is 2.63. The molecule has 0 unspecified atom stereocenters. The summed E-state index contributed by atoms with van der Waals surface area (Å²) in [6, 6.07) is 43.7. The van der Waals surface area contributed by atoms with E-state index in [-0.39, 0.29) is 0 Å². The summed E-state index contributed by atoms with van der Waals surface area (Å²) in [5, 5.41) is 3.76. The van der Waals surface area contributed by atoms with Crippen LogP contribution in [0.25, 0.3) is 0 Å². The third kappa shape index (κ3) is 7.71. The predicted molar refractivity (Wildman–Crippen MR) is 139 cm³/mol. The molecule has 0 aliphatic carbocycles. The van der Waals surface area contributed by atoms with E-state index in [9.17, 15) is 0 Å². The Labute approximate surface area is 198 Å². The van der Waals surface area contributed by atoms with Gasteiger partial charge in [0.05, 0.1) is 0 Å². The predicted octanol–water partition coefficient (Wildman–Crippen LogP) is 6.13. The normalized spacial score (nSPS) is 12.0. The van der Waals surface area contributed by atoms with E-state index >= 15 is 0 Å². The third-order valence-electron chi connectivity index (χ3n) is 6.10. The maximum absolute atomic E-state index is 3.76. The largest absolute Gasteiger partial charge is 0.315 e. The van der Waals surface area contributed by atoms with Crippen molar-refractivity contribution in [2.24, 2.45) is 0 Å². The summed E-state index contributed by atoms with van der Waals surface area (Å²) in [6.45, 7) is 3.82. The van der Waals surface area contributed by atoms with Crippen LogP contribution in [0.1, 0.15) is 22.3 Å². The first-order valence-electron chi connectivity index (χ1n) is 12.0. The topological polar surface area (TPSA) is 15.3 Å². The highest BCUT2D eigenvalue weighted by atomic mass is 15.2. The van der Waals surface area contributed by atoms with Crippen LogP contribution in [0.3, 0.4) is 0 Å². The van der Waals surface area contributed by atoms with Gasteiger partial charge in [-0.2, -0.15) is 0 Å². The summed E-state index contributed by atoms with van der Waals surface area (Å²) < 4.78 is 0. The molecule has 0 fully saturated rings. The molecule has 4 rings (SSSR count). The van der Waals surface area contributed by atoms with Crippen molar-refractivity contribution in [1.29, 1.82) is 0 Å². The molecule has 1 N–H and O–H groups in total. The van der Waals surface area contributed by atoms with Crippen molar-refractivity contribution in [2.75, 3.05) is 13.1 Å². The number of hydrogen-bond donors (Lipinski definition) is 1. The minimum absolute atomic E-state index is 0.392. The Balaban J connectivity index is 1.50. The van der Waals surface area contributed by atoms with Gasteiger partial charge >= 0.3 is 0 Å². The van der Waals surface area contributed by atoms with E-state index < -0.39 is 0 Å². The van der Waals surface area contributed by atoms with Crippen LogP contribution in [0.4, 0.5) is 0 Å². The first-order valence-corrected chi connectivity index (χ1v) is 12.0. The maximum atomic E-state index is 3.76. The summed E-state index contributed by atoms with van der Waals surface area (Å²) in [5.41, 5.74) is 5.49. The molecule has 1 atom stereocenters. The van der Waals surface area contributed by atoms with E-state index in [4.69, 9.17) is 0 Å².